The first kappa shape index (κ1) is 88.0. The van der Waals surface area contributed by atoms with E-state index in [1.165, 1.54) is 0 Å². The van der Waals surface area contributed by atoms with Crippen molar-refractivity contribution in [3.8, 4) is 0 Å². The predicted molar refractivity (Wildman–Crippen MR) is 255 cm³/mol. The first-order chi connectivity index (χ1) is 32.9. The van der Waals surface area contributed by atoms with E-state index in [0.717, 1.165) is 19.6 Å². The summed E-state index contributed by atoms with van der Waals surface area (Å²) in [5.74, 6) is -19.5. The number of rotatable bonds is 36. The van der Waals surface area contributed by atoms with Crippen LogP contribution in [0.1, 0.15) is 51.4 Å². The number of hydrogen-bond donors (Lipinski definition) is 16. The molecule has 0 aromatic heterocycles. The van der Waals surface area contributed by atoms with Crippen LogP contribution in [0.4, 0.5) is 0 Å². The van der Waals surface area contributed by atoms with Crippen molar-refractivity contribution in [2.45, 2.75) is 75.5 Å². The molecule has 20 N–H and O–H groups in total. The summed E-state index contributed by atoms with van der Waals surface area (Å²) in [4.78, 5) is 173. The number of carboxylic acid groups (broad SMARTS) is 12. The van der Waals surface area contributed by atoms with Gasteiger partial charge in [0, 0.05) is 25.7 Å². The van der Waals surface area contributed by atoms with Crippen molar-refractivity contribution in [2.24, 2.45) is 22.9 Å². The summed E-state index contributed by atoms with van der Waals surface area (Å²) in [7, 11) is 0. The molecule has 36 nitrogen and oxygen atoms in total. The molecule has 4 atom stereocenters. The first-order valence-electron chi connectivity index (χ1n) is 19.7. The number of nitrogens with zero attached hydrogens (tertiary/aromatic N) is 4. The predicted octanol–water partition coefficient (Wildman–Crippen LogP) is -9.89. The number of amides is 4. The molecule has 0 rings (SSSR count). The zero-order valence-corrected chi connectivity index (χ0v) is 37.6. The number of carbonyl (C=O) groups excluding carboxylic acids is 4. The minimum absolute atomic E-state index is 0. The molecule has 0 saturated heterocycles. The second-order valence-electron chi connectivity index (χ2n) is 14.2. The zero-order valence-electron chi connectivity index (χ0n) is 37.6. The second kappa shape index (κ2) is 48.7. The Kier molecular flexibility index (Phi) is 56.4. The van der Waals surface area contributed by atoms with Gasteiger partial charge in [-0.2, -0.15) is 0 Å². The maximum atomic E-state index is 10.9. The van der Waals surface area contributed by atoms with Crippen LogP contribution >= 0.6 is 0 Å². The van der Waals surface area contributed by atoms with Crippen molar-refractivity contribution in [1.82, 2.24) is 19.6 Å². The molecular weight excluding hydrogens is 1080 g/mol. The van der Waals surface area contributed by atoms with Crippen LogP contribution in [0.15, 0.2) is 0 Å². The van der Waals surface area contributed by atoms with Gasteiger partial charge in [0.1, 0.15) is 24.2 Å². The van der Waals surface area contributed by atoms with Crippen LogP contribution in [0.2, 0.25) is 0 Å². The Bertz CT molecular complexity index is 1650. The van der Waals surface area contributed by atoms with Gasteiger partial charge in [0.15, 0.2) is 0 Å². The number of carbonyl (C=O) groups is 16. The van der Waals surface area contributed by atoms with E-state index in [1.807, 2.05) is 0 Å². The van der Waals surface area contributed by atoms with E-state index in [2.05, 4.69) is 0 Å². The minimum atomic E-state index is -1.40. The summed E-state index contributed by atoms with van der Waals surface area (Å²) < 4.78 is 0. The van der Waals surface area contributed by atoms with E-state index in [0.29, 0.717) is 0 Å². The van der Waals surface area contributed by atoms with Crippen molar-refractivity contribution in [2.75, 3.05) is 52.4 Å². The van der Waals surface area contributed by atoms with Crippen molar-refractivity contribution in [1.29, 1.82) is 0 Å². The third-order valence-electron chi connectivity index (χ3n) is 8.27. The standard InChI is InChI=1S/4C9H14N2O7.4Na.4H/c4*10-6(12)2-1-5(9(17)18)11(3-7(13)14)4-8(15)16;;;;;;;;/h4*5H,1-4H2,(H2,10,12)(H,13,14)(H,15,16)(H,17,18);;;;;;;;/t4*5-;;;;;;;;/m0000......../s1. The van der Waals surface area contributed by atoms with Crippen LogP contribution in [-0.4, -0.2) is 371 Å². The molecule has 0 aliphatic heterocycles. The third kappa shape index (κ3) is 51.5. The van der Waals surface area contributed by atoms with Crippen molar-refractivity contribution >= 4 is 213 Å². The van der Waals surface area contributed by atoms with Crippen LogP contribution in [-0.2, 0) is 76.7 Å². The molecule has 0 aromatic carbocycles. The van der Waals surface area contributed by atoms with Gasteiger partial charge in [-0.25, -0.2) is 0 Å². The zero-order chi connectivity index (χ0) is 57.2. The number of hydrogen-bond acceptors (Lipinski definition) is 20. The van der Waals surface area contributed by atoms with Gasteiger partial charge in [-0.05, 0) is 25.7 Å². The quantitative estimate of drug-likeness (QED) is 0.0259. The Balaban J connectivity index is -0.000000133. The van der Waals surface area contributed by atoms with Crippen molar-refractivity contribution < 1.29 is 138 Å². The van der Waals surface area contributed by atoms with Gasteiger partial charge < -0.3 is 84.2 Å². The van der Waals surface area contributed by atoms with E-state index in [9.17, 15) is 76.7 Å². The molecule has 416 valence electrons. The van der Waals surface area contributed by atoms with Gasteiger partial charge in [-0.1, -0.05) is 0 Å². The van der Waals surface area contributed by atoms with Gasteiger partial charge in [-0.15, -0.1) is 0 Å². The molecular formula is C36H60N8Na4O28. The SMILES string of the molecule is NC(=O)CC[C@@H](C(=O)O)N(CC(=O)O)CC(=O)O.NC(=O)CC[C@@H](C(=O)O)N(CC(=O)O)CC(=O)O.NC(=O)CC[C@@H](C(=O)O)N(CC(=O)O)CC(=O)O.NC(=O)CC[C@@H](C(=O)O)N(CC(=O)O)CC(=O)O.[NaH].[NaH].[NaH].[NaH]. The topological polar surface area (TPSA) is 633 Å². The van der Waals surface area contributed by atoms with E-state index in [1.54, 1.807) is 0 Å². The van der Waals surface area contributed by atoms with Gasteiger partial charge in [0.2, 0.25) is 23.6 Å². The Morgan fingerprint density at radius 1 is 0.250 bits per heavy atom. The summed E-state index contributed by atoms with van der Waals surface area (Å²) in [5.41, 5.74) is 19.4. The molecule has 0 radical (unpaired) electrons. The summed E-state index contributed by atoms with van der Waals surface area (Å²) in [6.07, 6.45) is -2.06. The van der Waals surface area contributed by atoms with E-state index in [4.69, 9.17) is 84.2 Å². The number of nitrogens with two attached hydrogens (primary N) is 4. The Labute approximate surface area is 517 Å². The van der Waals surface area contributed by atoms with Gasteiger partial charge in [0.25, 0.3) is 0 Å². The molecule has 0 heterocycles. The molecule has 0 spiro atoms. The van der Waals surface area contributed by atoms with Gasteiger partial charge >= 0.3 is 190 Å². The Morgan fingerprint density at radius 2 is 0.355 bits per heavy atom. The molecule has 0 aliphatic carbocycles. The van der Waals surface area contributed by atoms with Gasteiger partial charge in [0.05, 0.1) is 52.4 Å². The summed E-state index contributed by atoms with van der Waals surface area (Å²) in [6.45, 7) is -5.98. The molecule has 0 aromatic rings. The second-order valence-corrected chi connectivity index (χ2v) is 14.2. The van der Waals surface area contributed by atoms with E-state index in [-0.39, 0.29) is 170 Å². The van der Waals surface area contributed by atoms with E-state index >= 15 is 0 Å². The number of carboxylic acids is 12. The monoisotopic (exact) mass is 1140 g/mol. The first-order valence-corrected chi connectivity index (χ1v) is 19.7. The molecule has 76 heavy (non-hydrogen) atoms. The molecule has 4 amide bonds. The Morgan fingerprint density at radius 3 is 0.421 bits per heavy atom. The van der Waals surface area contributed by atoms with Crippen LogP contribution in [0.5, 0.6) is 0 Å². The third-order valence-corrected chi connectivity index (χ3v) is 8.27. The number of primary amides is 4. The molecule has 0 unspecified atom stereocenters. The normalized spacial score (nSPS) is 11.4. The summed E-state index contributed by atoms with van der Waals surface area (Å²) >= 11 is 0. The van der Waals surface area contributed by atoms with Crippen LogP contribution in [0.3, 0.4) is 0 Å². The molecule has 0 bridgehead atoms. The molecule has 0 fully saturated rings. The fourth-order valence-corrected chi connectivity index (χ4v) is 5.46. The molecule has 0 saturated carbocycles. The number of aliphatic carboxylic acids is 12. The summed E-state index contributed by atoms with van der Waals surface area (Å²) in [5, 5.41) is 104. The van der Waals surface area contributed by atoms with Crippen LogP contribution in [0.25, 0.3) is 0 Å². The van der Waals surface area contributed by atoms with Crippen LogP contribution < -0.4 is 22.9 Å². The summed E-state index contributed by atoms with van der Waals surface area (Å²) in [6, 6.07) is -5.54. The van der Waals surface area contributed by atoms with E-state index < -0.39 is 172 Å². The molecule has 0 aliphatic rings. The van der Waals surface area contributed by atoms with Crippen molar-refractivity contribution in [3.05, 3.63) is 0 Å². The average molecular weight is 1140 g/mol. The molecule has 40 heteroatoms. The fourth-order valence-electron chi connectivity index (χ4n) is 5.46. The fraction of sp³-hybridized carbons (Fsp3) is 0.556. The van der Waals surface area contributed by atoms with Gasteiger partial charge in [-0.3, -0.25) is 96.3 Å². The Hall–Kier alpha value is -4.64. The maximum absolute atomic E-state index is 10.9. The van der Waals surface area contributed by atoms with Crippen molar-refractivity contribution in [3.63, 3.8) is 0 Å². The average Bonchev–Trinajstić information content (AvgIpc) is 3.16. The van der Waals surface area contributed by atoms with Crippen LogP contribution in [0, 0.1) is 0 Å².